The molecule has 204 valence electrons. The van der Waals surface area contributed by atoms with Crippen molar-refractivity contribution in [2.75, 3.05) is 26.4 Å². The molecular weight excluding hydrogens is 520 g/mol. The van der Waals surface area contributed by atoms with Crippen molar-refractivity contribution in [3.63, 3.8) is 0 Å². The molecule has 1 aliphatic heterocycles. The largest absolute Gasteiger partial charge is 0.485 e. The molecule has 1 amide bonds. The molecule has 0 radical (unpaired) electrons. The van der Waals surface area contributed by atoms with E-state index in [2.05, 4.69) is 0 Å². The molecule has 13 heteroatoms. The van der Waals surface area contributed by atoms with E-state index in [-0.39, 0.29) is 22.2 Å². The summed E-state index contributed by atoms with van der Waals surface area (Å²) in [5.41, 5.74) is -2.94. The molecule has 4 rings (SSSR count). The van der Waals surface area contributed by atoms with Crippen LogP contribution in [-0.2, 0) is 17.5 Å². The minimum absolute atomic E-state index is 0.0250. The van der Waals surface area contributed by atoms with E-state index in [0.29, 0.717) is 44.5 Å². The molecule has 0 atom stereocenters. The van der Waals surface area contributed by atoms with Gasteiger partial charge in [0.25, 0.3) is 5.56 Å². The Bertz CT molecular complexity index is 1440. The van der Waals surface area contributed by atoms with Gasteiger partial charge in [-0.15, -0.1) is 0 Å². The second-order valence-electron chi connectivity index (χ2n) is 8.96. The number of carbonyl (C=O) groups excluding carboxylic acids is 1. The topological polar surface area (TPSA) is 73.5 Å². The lowest BCUT2D eigenvalue weighted by atomic mass is 10.0. The lowest BCUT2D eigenvalue weighted by Crippen LogP contribution is -2.44. The Morgan fingerprint density at radius 1 is 1.03 bits per heavy atom. The standard InChI is InChI=1S/C25H23F6N3O4/c26-11-18(12-27)38-17-2-4-22-19(10-17)23(36)33(13-15-1-3-20(21(28)9-15)25(29,30)31)24(37)34(22)16-5-7-32(14-35)8-6-16/h1-4,9-10,14,16,18H,5-8,11-13H2. The SMILES string of the molecule is O=CN1CCC(n2c(=O)n(Cc3ccc(C(F)(F)F)c(F)c3)c(=O)c3cc(OC(CF)CF)ccc32)CC1. The van der Waals surface area contributed by atoms with E-state index in [0.717, 1.165) is 10.6 Å². The molecule has 0 unspecified atom stereocenters. The highest BCUT2D eigenvalue weighted by Gasteiger charge is 2.34. The molecule has 3 aromatic rings. The molecule has 38 heavy (non-hydrogen) atoms. The Labute approximate surface area is 211 Å². The number of alkyl halides is 5. The van der Waals surface area contributed by atoms with Crippen molar-refractivity contribution in [2.45, 2.75) is 37.7 Å². The quantitative estimate of drug-likeness (QED) is 0.320. The van der Waals surface area contributed by atoms with Crippen molar-refractivity contribution in [1.29, 1.82) is 0 Å². The van der Waals surface area contributed by atoms with Gasteiger partial charge in [-0.3, -0.25) is 18.7 Å². The summed E-state index contributed by atoms with van der Waals surface area (Å²) >= 11 is 0. The molecule has 1 saturated heterocycles. The number of benzene rings is 2. The van der Waals surface area contributed by atoms with Crippen molar-refractivity contribution >= 4 is 17.3 Å². The molecule has 0 N–H and O–H groups in total. The number of ether oxygens (including phenoxy) is 1. The first-order valence-corrected chi connectivity index (χ1v) is 11.7. The van der Waals surface area contributed by atoms with E-state index in [4.69, 9.17) is 4.74 Å². The number of aromatic nitrogens is 2. The van der Waals surface area contributed by atoms with Gasteiger partial charge in [0, 0.05) is 19.1 Å². The van der Waals surface area contributed by atoms with E-state index in [1.165, 1.54) is 27.7 Å². The number of likely N-dealkylation sites (tertiary alicyclic amines) is 1. The fourth-order valence-corrected chi connectivity index (χ4v) is 4.54. The minimum Gasteiger partial charge on any atom is -0.485 e. The Balaban J connectivity index is 1.85. The van der Waals surface area contributed by atoms with E-state index >= 15 is 0 Å². The summed E-state index contributed by atoms with van der Waals surface area (Å²) < 4.78 is 86.4. The van der Waals surface area contributed by atoms with Crippen molar-refractivity contribution < 1.29 is 35.9 Å². The summed E-state index contributed by atoms with van der Waals surface area (Å²) in [7, 11) is 0. The van der Waals surface area contributed by atoms with Gasteiger partial charge >= 0.3 is 11.9 Å². The lowest BCUT2D eigenvalue weighted by Gasteiger charge is -2.31. The number of fused-ring (bicyclic) bond motifs is 1. The molecule has 0 saturated carbocycles. The molecule has 2 heterocycles. The normalized spacial score (nSPS) is 14.9. The number of hydrogen-bond donors (Lipinski definition) is 0. The van der Waals surface area contributed by atoms with Crippen molar-refractivity contribution in [3.8, 4) is 5.75 Å². The molecule has 1 fully saturated rings. The van der Waals surface area contributed by atoms with Crippen LogP contribution in [0.25, 0.3) is 10.9 Å². The first-order valence-electron chi connectivity index (χ1n) is 11.7. The summed E-state index contributed by atoms with van der Waals surface area (Å²) in [6.07, 6.45) is -4.87. The second-order valence-corrected chi connectivity index (χ2v) is 8.96. The molecule has 0 spiro atoms. The summed E-state index contributed by atoms with van der Waals surface area (Å²) in [5.74, 6) is -1.58. The van der Waals surface area contributed by atoms with Crippen LogP contribution in [0.1, 0.15) is 30.0 Å². The van der Waals surface area contributed by atoms with Crippen molar-refractivity contribution in [3.05, 3.63) is 74.2 Å². The molecule has 0 bridgehead atoms. The molecular formula is C25H23F6N3O4. The zero-order valence-electron chi connectivity index (χ0n) is 19.9. The van der Waals surface area contributed by atoms with Gasteiger partial charge in [-0.05, 0) is 48.7 Å². The van der Waals surface area contributed by atoms with Gasteiger partial charge in [0.2, 0.25) is 6.41 Å². The lowest BCUT2D eigenvalue weighted by molar-refractivity contribution is -0.140. The highest BCUT2D eigenvalue weighted by molar-refractivity contribution is 5.80. The van der Waals surface area contributed by atoms with Crippen LogP contribution in [0.2, 0.25) is 0 Å². The van der Waals surface area contributed by atoms with Crippen LogP contribution in [0, 0.1) is 5.82 Å². The fourth-order valence-electron chi connectivity index (χ4n) is 4.54. The first kappa shape index (κ1) is 27.3. The zero-order valence-corrected chi connectivity index (χ0v) is 19.9. The number of halogens is 6. The van der Waals surface area contributed by atoms with Gasteiger partial charge in [0.05, 0.1) is 23.0 Å². The Morgan fingerprint density at radius 2 is 1.71 bits per heavy atom. The monoisotopic (exact) mass is 543 g/mol. The third-order valence-corrected chi connectivity index (χ3v) is 6.48. The second kappa shape index (κ2) is 10.9. The highest BCUT2D eigenvalue weighted by atomic mass is 19.4. The smallest absolute Gasteiger partial charge is 0.419 e. The van der Waals surface area contributed by atoms with Crippen LogP contribution < -0.4 is 16.0 Å². The van der Waals surface area contributed by atoms with Gasteiger partial charge in [0.1, 0.15) is 24.9 Å². The van der Waals surface area contributed by atoms with Gasteiger partial charge < -0.3 is 9.64 Å². The Hall–Kier alpha value is -3.77. The summed E-state index contributed by atoms with van der Waals surface area (Å²) in [6.45, 7) is -2.07. The van der Waals surface area contributed by atoms with Gasteiger partial charge in [0.15, 0.2) is 6.10 Å². The number of amides is 1. The van der Waals surface area contributed by atoms with Gasteiger partial charge in [-0.2, -0.15) is 13.2 Å². The van der Waals surface area contributed by atoms with Crippen LogP contribution in [0.5, 0.6) is 5.75 Å². The number of piperidine rings is 1. The number of hydrogen-bond acceptors (Lipinski definition) is 4. The predicted molar refractivity (Wildman–Crippen MR) is 125 cm³/mol. The maximum absolute atomic E-state index is 14.2. The summed E-state index contributed by atoms with van der Waals surface area (Å²) in [5, 5.41) is -0.0382. The van der Waals surface area contributed by atoms with Crippen molar-refractivity contribution in [1.82, 2.24) is 14.0 Å². The average molecular weight is 543 g/mol. The number of nitrogens with zero attached hydrogens (tertiary/aromatic N) is 3. The van der Waals surface area contributed by atoms with Crippen LogP contribution in [0.4, 0.5) is 26.3 Å². The van der Waals surface area contributed by atoms with E-state index in [1.807, 2.05) is 0 Å². The predicted octanol–water partition coefficient (Wildman–Crippen LogP) is 3.85. The van der Waals surface area contributed by atoms with E-state index in [1.54, 1.807) is 0 Å². The van der Waals surface area contributed by atoms with Crippen LogP contribution in [-0.4, -0.2) is 53.0 Å². The van der Waals surface area contributed by atoms with Crippen LogP contribution in [0.15, 0.2) is 46.0 Å². The molecule has 1 aliphatic rings. The molecule has 2 aromatic carbocycles. The van der Waals surface area contributed by atoms with E-state index in [9.17, 15) is 40.7 Å². The Kier molecular flexibility index (Phi) is 7.83. The molecule has 7 nitrogen and oxygen atoms in total. The number of carbonyl (C=O) groups is 1. The number of rotatable bonds is 8. The maximum atomic E-state index is 14.2. The first-order chi connectivity index (χ1) is 18.1. The zero-order chi connectivity index (χ0) is 27.6. The Morgan fingerprint density at radius 3 is 2.29 bits per heavy atom. The van der Waals surface area contributed by atoms with Gasteiger partial charge in [-0.25, -0.2) is 18.0 Å². The van der Waals surface area contributed by atoms with Crippen LogP contribution >= 0.6 is 0 Å². The highest BCUT2D eigenvalue weighted by Crippen LogP contribution is 2.32. The maximum Gasteiger partial charge on any atom is 0.419 e. The van der Waals surface area contributed by atoms with E-state index < -0.39 is 60.8 Å². The minimum atomic E-state index is -4.92. The summed E-state index contributed by atoms with van der Waals surface area (Å²) in [4.78, 5) is 39.6. The molecule has 1 aromatic heterocycles. The fraction of sp³-hybridized carbons (Fsp3) is 0.400. The van der Waals surface area contributed by atoms with Crippen LogP contribution in [0.3, 0.4) is 0 Å². The average Bonchev–Trinajstić information content (AvgIpc) is 2.89. The molecule has 0 aliphatic carbocycles. The third kappa shape index (κ3) is 5.41. The third-order valence-electron chi connectivity index (χ3n) is 6.48. The van der Waals surface area contributed by atoms with Gasteiger partial charge in [-0.1, -0.05) is 6.07 Å². The summed E-state index contributed by atoms with van der Waals surface area (Å²) in [6, 6.07) is 5.69. The van der Waals surface area contributed by atoms with Crippen molar-refractivity contribution in [2.24, 2.45) is 0 Å².